The van der Waals surface area contributed by atoms with Crippen LogP contribution in [-0.4, -0.2) is 66.5 Å². The van der Waals surface area contributed by atoms with Gasteiger partial charge in [-0.1, -0.05) is 26.8 Å². The zero-order valence-electron chi connectivity index (χ0n) is 26.2. The largest absolute Gasteiger partial charge is 0.470 e. The van der Waals surface area contributed by atoms with Gasteiger partial charge in [-0.3, -0.25) is 4.90 Å². The van der Waals surface area contributed by atoms with E-state index in [9.17, 15) is 9.90 Å². The summed E-state index contributed by atoms with van der Waals surface area (Å²) in [6.45, 7) is 6.83. The van der Waals surface area contributed by atoms with E-state index in [2.05, 4.69) is 62.1 Å². The number of nitrogens with zero attached hydrogens (tertiary/aromatic N) is 4. The van der Waals surface area contributed by atoms with E-state index in [1.165, 1.54) is 23.9 Å². The van der Waals surface area contributed by atoms with Crippen LogP contribution in [0.25, 0.3) is 33.3 Å². The molecule has 5 heterocycles. The maximum atomic E-state index is 12.0. The highest BCUT2D eigenvalue weighted by Crippen LogP contribution is 2.45. The highest BCUT2D eigenvalue weighted by Gasteiger charge is 2.38. The molecule has 1 amide bonds. The third kappa shape index (κ3) is 5.23. The summed E-state index contributed by atoms with van der Waals surface area (Å²) in [7, 11) is 1.33. The third-order valence-corrected chi connectivity index (χ3v) is 9.50. The van der Waals surface area contributed by atoms with Crippen molar-refractivity contribution in [3.63, 3.8) is 0 Å². The summed E-state index contributed by atoms with van der Waals surface area (Å²) in [6, 6.07) is 8.27. The summed E-state index contributed by atoms with van der Waals surface area (Å²) in [5.74, 6) is 1.78. The lowest BCUT2D eigenvalue weighted by Crippen LogP contribution is -2.54. The van der Waals surface area contributed by atoms with Crippen molar-refractivity contribution in [2.45, 2.75) is 77.4 Å². The minimum atomic E-state index is -0.868. The van der Waals surface area contributed by atoms with Gasteiger partial charge < -0.3 is 34.4 Å². The molecule has 3 aliphatic rings. The molecule has 3 aromatic heterocycles. The molecule has 7 rings (SSSR count). The van der Waals surface area contributed by atoms with Crippen molar-refractivity contribution in [3.8, 4) is 11.3 Å². The molecule has 4 unspecified atom stereocenters. The number of carbonyl (C=O) groups excluding carboxylic acids is 1. The Morgan fingerprint density at radius 3 is 2.84 bits per heavy atom. The number of hydrogen-bond acceptors (Lipinski definition) is 7. The van der Waals surface area contributed by atoms with E-state index in [1.54, 1.807) is 6.33 Å². The molecular formula is C34H41N7O4. The van der Waals surface area contributed by atoms with Crippen LogP contribution in [0.2, 0.25) is 0 Å². The average molecular weight is 612 g/mol. The van der Waals surface area contributed by atoms with E-state index in [-0.39, 0.29) is 18.2 Å². The highest BCUT2D eigenvalue weighted by atomic mass is 16.5. The Hall–Kier alpha value is -4.35. The van der Waals surface area contributed by atoms with Crippen molar-refractivity contribution in [2.24, 2.45) is 5.92 Å². The third-order valence-electron chi connectivity index (χ3n) is 9.50. The number of allylic oxidation sites excluding steroid dienone is 3. The average Bonchev–Trinajstić information content (AvgIpc) is 3.88. The molecule has 1 aliphatic carbocycles. The van der Waals surface area contributed by atoms with Gasteiger partial charge in [0.25, 0.3) is 0 Å². The van der Waals surface area contributed by atoms with Gasteiger partial charge in [-0.25, -0.2) is 14.8 Å². The van der Waals surface area contributed by atoms with Crippen LogP contribution in [0.3, 0.4) is 0 Å². The number of likely N-dealkylation sites (tertiary alicyclic amines) is 1. The van der Waals surface area contributed by atoms with Crippen molar-refractivity contribution < 1.29 is 19.4 Å². The number of aromatic nitrogens is 5. The number of amides is 1. The fraction of sp³-hybridized carbons (Fsp3) is 0.441. The number of aromatic amines is 2. The van der Waals surface area contributed by atoms with Crippen LogP contribution in [-0.2, 0) is 9.47 Å². The predicted octanol–water partition coefficient (Wildman–Crippen LogP) is 6.12. The number of aliphatic hydroxyl groups excluding tert-OH is 1. The number of imidazole rings is 2. The molecule has 4 atom stereocenters. The van der Waals surface area contributed by atoms with Crippen LogP contribution >= 0.6 is 0 Å². The van der Waals surface area contributed by atoms with Crippen molar-refractivity contribution in [1.29, 1.82) is 0 Å². The molecular weight excluding hydrogens is 570 g/mol. The minimum Gasteiger partial charge on any atom is -0.470 e. The molecule has 11 nitrogen and oxygen atoms in total. The number of methoxy groups -OCH3 is 1. The number of H-pyrrole nitrogens is 2. The van der Waals surface area contributed by atoms with E-state index in [4.69, 9.17) is 14.5 Å². The molecule has 4 aromatic rings. The highest BCUT2D eigenvalue weighted by molar-refractivity contribution is 5.91. The summed E-state index contributed by atoms with van der Waals surface area (Å²) >= 11 is 0. The second-order valence-corrected chi connectivity index (χ2v) is 12.5. The number of alkyl carbamates (subject to hydrolysis) is 1. The number of fused-ring (bicyclic) bond motifs is 4. The van der Waals surface area contributed by atoms with E-state index in [0.29, 0.717) is 6.54 Å². The summed E-state index contributed by atoms with van der Waals surface area (Å²) in [4.78, 5) is 29.8. The molecule has 1 fully saturated rings. The Labute approximate surface area is 262 Å². The zero-order valence-corrected chi connectivity index (χ0v) is 26.2. The Kier molecular flexibility index (Phi) is 7.74. The molecule has 0 spiro atoms. The van der Waals surface area contributed by atoms with Gasteiger partial charge in [0.15, 0.2) is 6.23 Å². The summed E-state index contributed by atoms with van der Waals surface area (Å²) < 4.78 is 13.7. The lowest BCUT2D eigenvalue weighted by atomic mass is 9.92. The maximum Gasteiger partial charge on any atom is 0.407 e. The number of ether oxygens (including phenoxy) is 2. The van der Waals surface area contributed by atoms with Crippen LogP contribution in [0.5, 0.6) is 0 Å². The van der Waals surface area contributed by atoms with E-state index in [0.717, 1.165) is 71.5 Å². The van der Waals surface area contributed by atoms with Gasteiger partial charge in [-0.05, 0) is 61.4 Å². The number of benzene rings is 1. The summed E-state index contributed by atoms with van der Waals surface area (Å²) in [5.41, 5.74) is 7.85. The van der Waals surface area contributed by atoms with Crippen molar-refractivity contribution in [2.75, 3.05) is 13.7 Å². The fourth-order valence-electron chi connectivity index (χ4n) is 7.15. The van der Waals surface area contributed by atoms with Crippen LogP contribution in [0.1, 0.15) is 82.4 Å². The number of hydrogen-bond donors (Lipinski definition) is 4. The first-order chi connectivity index (χ1) is 21.9. The van der Waals surface area contributed by atoms with Gasteiger partial charge in [0, 0.05) is 29.5 Å². The number of nitrogens with one attached hydrogen (secondary N) is 3. The minimum absolute atomic E-state index is 0.0139. The molecule has 236 valence electrons. The van der Waals surface area contributed by atoms with Crippen molar-refractivity contribution in [3.05, 3.63) is 72.0 Å². The maximum absolute atomic E-state index is 12.0. The van der Waals surface area contributed by atoms with Gasteiger partial charge in [0.2, 0.25) is 0 Å². The van der Waals surface area contributed by atoms with Gasteiger partial charge >= 0.3 is 6.09 Å². The molecule has 45 heavy (non-hydrogen) atoms. The van der Waals surface area contributed by atoms with Gasteiger partial charge in [0.05, 0.1) is 60.5 Å². The Morgan fingerprint density at radius 2 is 2.09 bits per heavy atom. The molecule has 0 bridgehead atoms. The number of rotatable bonds is 8. The number of carbonyl (C=O) groups is 1. The van der Waals surface area contributed by atoms with E-state index < -0.39 is 18.4 Å². The van der Waals surface area contributed by atoms with Crippen LogP contribution in [0.4, 0.5) is 4.79 Å². The van der Waals surface area contributed by atoms with Crippen LogP contribution in [0, 0.1) is 5.92 Å². The monoisotopic (exact) mass is 611 g/mol. The van der Waals surface area contributed by atoms with E-state index in [1.807, 2.05) is 31.1 Å². The standard InChI is InChI=1S/C34H41N7O4/c1-5-30-41-26-11-9-20(13-22(26)14-28(41)23-10-8-21(15-29(23)45-30)24-16-35-18-37-24)25-17-36-32(38-25)27-7-6-12-40(27)33(42)31(19(2)3)39-34(43)44-4/h9,11,13-19,27,30-31,33,42H,5-8,10,12H2,1-4H3,(H,35,37)(H,36,38)(H,39,43). The van der Waals surface area contributed by atoms with Crippen LogP contribution < -0.4 is 5.32 Å². The number of aliphatic hydroxyl groups is 1. The summed E-state index contributed by atoms with van der Waals surface area (Å²) in [5, 5.41) is 15.3. The Bertz CT molecular complexity index is 1770. The molecule has 11 heteroatoms. The Balaban J connectivity index is 1.17. The van der Waals surface area contributed by atoms with Gasteiger partial charge in [-0.15, -0.1) is 0 Å². The molecule has 2 aliphatic heterocycles. The van der Waals surface area contributed by atoms with Crippen molar-refractivity contribution >= 4 is 28.1 Å². The molecule has 0 saturated carbocycles. The topological polar surface area (TPSA) is 133 Å². The first-order valence-electron chi connectivity index (χ1n) is 15.9. The van der Waals surface area contributed by atoms with Crippen molar-refractivity contribution in [1.82, 2.24) is 34.7 Å². The molecule has 4 N–H and O–H groups in total. The van der Waals surface area contributed by atoms with Crippen LogP contribution in [0.15, 0.2) is 54.8 Å². The lowest BCUT2D eigenvalue weighted by molar-refractivity contribution is -0.0440. The second-order valence-electron chi connectivity index (χ2n) is 12.5. The smallest absolute Gasteiger partial charge is 0.407 e. The Morgan fingerprint density at radius 1 is 1.22 bits per heavy atom. The normalized spacial score (nSPS) is 21.3. The lowest BCUT2D eigenvalue weighted by Gasteiger charge is -2.35. The SMILES string of the molecule is CCC1OC2=C(CCC(c3cnc[nH]3)=C2)c2cc3cc(-c4cnc(C5CCCN5C(O)C(NC(=O)OC)C(C)C)[nH]4)ccc3n21. The predicted molar refractivity (Wildman–Crippen MR) is 172 cm³/mol. The fourth-order valence-corrected chi connectivity index (χ4v) is 7.15. The zero-order chi connectivity index (χ0) is 31.2. The second kappa shape index (κ2) is 11.9. The molecule has 0 radical (unpaired) electrons. The van der Waals surface area contributed by atoms with Gasteiger partial charge in [-0.2, -0.15) is 0 Å². The van der Waals surface area contributed by atoms with E-state index >= 15 is 0 Å². The summed E-state index contributed by atoms with van der Waals surface area (Å²) in [6.07, 6.45) is 10.6. The quantitative estimate of drug-likeness (QED) is 0.189. The van der Waals surface area contributed by atoms with Gasteiger partial charge in [0.1, 0.15) is 17.8 Å². The molecule has 1 aromatic carbocycles. The first kappa shape index (κ1) is 29.4. The molecule has 1 saturated heterocycles. The first-order valence-corrected chi connectivity index (χ1v) is 15.9.